The Balaban J connectivity index is 2.41. The lowest BCUT2D eigenvalue weighted by atomic mass is 9.78. The maximum atomic E-state index is 13.9. The van der Waals surface area contributed by atoms with Gasteiger partial charge in [0.1, 0.15) is 11.6 Å². The molecule has 1 aromatic rings. The van der Waals surface area contributed by atoms with Gasteiger partial charge in [0, 0.05) is 0 Å². The Bertz CT molecular complexity index is 449. The lowest BCUT2D eigenvalue weighted by Crippen LogP contribution is -2.41. The quantitative estimate of drug-likeness (QED) is 0.749. The average Bonchev–Trinajstić information content (AvgIpc) is 2.47. The number of pyridine rings is 1. The SMILES string of the molecule is COc1cncc(F)c1B1OC(C)(C)C(C)(C)O1. The van der Waals surface area contributed by atoms with Crippen LogP contribution in [0.1, 0.15) is 27.7 Å². The van der Waals surface area contributed by atoms with Gasteiger partial charge in [0.15, 0.2) is 0 Å². The number of methoxy groups -OCH3 is 1. The molecule has 1 aliphatic rings. The molecule has 0 spiro atoms. The molecule has 0 atom stereocenters. The van der Waals surface area contributed by atoms with Crippen LogP contribution in [0.25, 0.3) is 0 Å². The molecule has 1 saturated heterocycles. The van der Waals surface area contributed by atoms with Crippen molar-refractivity contribution >= 4 is 12.6 Å². The molecule has 0 saturated carbocycles. The fraction of sp³-hybridized carbons (Fsp3) is 0.583. The van der Waals surface area contributed by atoms with E-state index in [4.69, 9.17) is 14.0 Å². The molecule has 6 heteroatoms. The van der Waals surface area contributed by atoms with Crippen LogP contribution in [0.2, 0.25) is 0 Å². The summed E-state index contributed by atoms with van der Waals surface area (Å²) >= 11 is 0. The predicted molar refractivity (Wildman–Crippen MR) is 66.5 cm³/mol. The fourth-order valence-electron chi connectivity index (χ4n) is 1.78. The summed E-state index contributed by atoms with van der Waals surface area (Å²) < 4.78 is 30.6. The monoisotopic (exact) mass is 253 g/mol. The minimum absolute atomic E-state index is 0.256. The third-order valence-electron chi connectivity index (χ3n) is 3.61. The molecule has 0 N–H and O–H groups in total. The molecular weight excluding hydrogens is 236 g/mol. The molecule has 0 aromatic carbocycles. The minimum atomic E-state index is -0.784. The van der Waals surface area contributed by atoms with E-state index in [9.17, 15) is 4.39 Å². The van der Waals surface area contributed by atoms with E-state index in [2.05, 4.69) is 4.98 Å². The van der Waals surface area contributed by atoms with Gasteiger partial charge in [0.05, 0.1) is 36.2 Å². The number of halogens is 1. The summed E-state index contributed by atoms with van der Waals surface area (Å²) in [6.07, 6.45) is 2.58. The van der Waals surface area contributed by atoms with Gasteiger partial charge in [-0.05, 0) is 27.7 Å². The molecule has 0 bridgehead atoms. The van der Waals surface area contributed by atoms with Crippen molar-refractivity contribution in [2.75, 3.05) is 7.11 Å². The smallest absolute Gasteiger partial charge is 0.495 e. The highest BCUT2D eigenvalue weighted by Crippen LogP contribution is 2.37. The molecule has 0 amide bonds. The van der Waals surface area contributed by atoms with Crippen molar-refractivity contribution < 1.29 is 18.4 Å². The van der Waals surface area contributed by atoms with Gasteiger partial charge in [-0.1, -0.05) is 0 Å². The summed E-state index contributed by atoms with van der Waals surface area (Å²) in [5.41, 5.74) is -0.775. The number of rotatable bonds is 2. The Morgan fingerprint density at radius 3 is 2.22 bits per heavy atom. The van der Waals surface area contributed by atoms with Crippen LogP contribution in [0.4, 0.5) is 4.39 Å². The first-order valence-electron chi connectivity index (χ1n) is 5.81. The highest BCUT2D eigenvalue weighted by molar-refractivity contribution is 6.63. The zero-order valence-corrected chi connectivity index (χ0v) is 11.3. The summed E-state index contributed by atoms with van der Waals surface area (Å²) in [5, 5.41) is 0. The normalized spacial score (nSPS) is 21.1. The Morgan fingerprint density at radius 2 is 1.72 bits per heavy atom. The van der Waals surface area contributed by atoms with Crippen LogP contribution >= 0.6 is 0 Å². The molecule has 0 unspecified atom stereocenters. The zero-order chi connectivity index (χ0) is 13.6. The van der Waals surface area contributed by atoms with Crippen molar-refractivity contribution in [3.8, 4) is 5.75 Å². The largest absolute Gasteiger partial charge is 0.501 e. The highest BCUT2D eigenvalue weighted by Gasteiger charge is 2.53. The maximum absolute atomic E-state index is 13.9. The van der Waals surface area contributed by atoms with Gasteiger partial charge in [0.2, 0.25) is 0 Å². The van der Waals surface area contributed by atoms with Crippen LogP contribution in [0.15, 0.2) is 12.4 Å². The molecule has 1 aliphatic heterocycles. The Morgan fingerprint density at radius 1 is 1.17 bits per heavy atom. The first-order chi connectivity index (χ1) is 8.28. The van der Waals surface area contributed by atoms with Crippen LogP contribution in [-0.2, 0) is 9.31 Å². The molecule has 2 rings (SSSR count). The van der Waals surface area contributed by atoms with Crippen molar-refractivity contribution in [2.24, 2.45) is 0 Å². The third kappa shape index (κ3) is 1.99. The van der Waals surface area contributed by atoms with E-state index < -0.39 is 24.1 Å². The lowest BCUT2D eigenvalue weighted by Gasteiger charge is -2.32. The van der Waals surface area contributed by atoms with E-state index in [1.807, 2.05) is 27.7 Å². The van der Waals surface area contributed by atoms with E-state index in [0.29, 0.717) is 5.75 Å². The summed E-state index contributed by atoms with van der Waals surface area (Å²) in [7, 11) is 0.679. The minimum Gasteiger partial charge on any atom is -0.495 e. The topological polar surface area (TPSA) is 40.6 Å². The number of aromatic nitrogens is 1. The molecule has 0 radical (unpaired) electrons. The first-order valence-corrected chi connectivity index (χ1v) is 5.81. The van der Waals surface area contributed by atoms with E-state index in [1.165, 1.54) is 13.3 Å². The molecule has 1 aromatic heterocycles. The third-order valence-corrected chi connectivity index (χ3v) is 3.61. The van der Waals surface area contributed by atoms with Gasteiger partial charge < -0.3 is 14.0 Å². The van der Waals surface area contributed by atoms with E-state index in [-0.39, 0.29) is 5.46 Å². The standard InChI is InChI=1S/C12H17BFNO3/c1-11(2)12(3,4)18-13(17-11)10-8(14)6-15-7-9(10)16-5/h6-7H,1-5H3. The van der Waals surface area contributed by atoms with Crippen LogP contribution in [-0.4, -0.2) is 30.4 Å². The van der Waals surface area contributed by atoms with E-state index in [1.54, 1.807) is 0 Å². The summed E-state index contributed by atoms with van der Waals surface area (Å²) in [6.45, 7) is 7.66. The number of nitrogens with zero attached hydrogens (tertiary/aromatic N) is 1. The Hall–Kier alpha value is -1.14. The summed E-state index contributed by atoms with van der Waals surface area (Å²) in [5.74, 6) is -0.165. The highest BCUT2D eigenvalue weighted by atomic mass is 19.1. The number of ether oxygens (including phenoxy) is 1. The predicted octanol–water partition coefficient (Wildman–Crippen LogP) is 1.53. The van der Waals surface area contributed by atoms with Crippen molar-refractivity contribution in [1.29, 1.82) is 0 Å². The second-order valence-electron chi connectivity index (χ2n) is 5.33. The second-order valence-corrected chi connectivity index (χ2v) is 5.33. The molecule has 1 fully saturated rings. The Labute approximate surface area is 107 Å². The molecular formula is C12H17BFNO3. The molecule has 18 heavy (non-hydrogen) atoms. The van der Waals surface area contributed by atoms with Gasteiger partial charge >= 0.3 is 7.12 Å². The summed E-state index contributed by atoms with van der Waals surface area (Å²) in [4.78, 5) is 3.75. The van der Waals surface area contributed by atoms with Crippen molar-refractivity contribution in [3.63, 3.8) is 0 Å². The first kappa shape index (κ1) is 13.3. The van der Waals surface area contributed by atoms with E-state index >= 15 is 0 Å². The number of hydrogen-bond acceptors (Lipinski definition) is 4. The summed E-state index contributed by atoms with van der Waals surface area (Å²) in [6, 6.07) is 0. The van der Waals surface area contributed by atoms with Crippen LogP contribution < -0.4 is 10.2 Å². The fourth-order valence-corrected chi connectivity index (χ4v) is 1.78. The van der Waals surface area contributed by atoms with Crippen LogP contribution in [0, 0.1) is 5.82 Å². The van der Waals surface area contributed by atoms with Gasteiger partial charge in [-0.25, -0.2) is 4.39 Å². The second kappa shape index (κ2) is 4.21. The Kier molecular flexibility index (Phi) is 3.11. The molecule has 4 nitrogen and oxygen atoms in total. The van der Waals surface area contributed by atoms with Gasteiger partial charge in [-0.3, -0.25) is 4.98 Å². The van der Waals surface area contributed by atoms with Gasteiger partial charge in [0.25, 0.3) is 0 Å². The van der Waals surface area contributed by atoms with E-state index in [0.717, 1.165) is 6.20 Å². The molecule has 98 valence electrons. The van der Waals surface area contributed by atoms with Gasteiger partial charge in [-0.2, -0.15) is 0 Å². The molecule has 0 aliphatic carbocycles. The lowest BCUT2D eigenvalue weighted by molar-refractivity contribution is 0.00578. The van der Waals surface area contributed by atoms with Crippen molar-refractivity contribution in [1.82, 2.24) is 4.98 Å². The van der Waals surface area contributed by atoms with Crippen molar-refractivity contribution in [3.05, 3.63) is 18.2 Å². The number of hydrogen-bond donors (Lipinski definition) is 0. The van der Waals surface area contributed by atoms with Crippen molar-refractivity contribution in [2.45, 2.75) is 38.9 Å². The van der Waals surface area contributed by atoms with Crippen LogP contribution in [0.5, 0.6) is 5.75 Å². The van der Waals surface area contributed by atoms with Gasteiger partial charge in [-0.15, -0.1) is 0 Å². The van der Waals surface area contributed by atoms with Crippen LogP contribution in [0.3, 0.4) is 0 Å². The maximum Gasteiger partial charge on any atom is 0.501 e. The average molecular weight is 253 g/mol. The molecule has 2 heterocycles. The zero-order valence-electron chi connectivity index (χ0n) is 11.3.